The molecule has 0 radical (unpaired) electrons. The van der Waals surface area contributed by atoms with Crippen LogP contribution in [0.15, 0.2) is 24.4 Å². The molecule has 366 valence electrons. The van der Waals surface area contributed by atoms with Crippen molar-refractivity contribution in [3.63, 3.8) is 0 Å². The first-order valence-electron chi connectivity index (χ1n) is 23.3. The highest BCUT2D eigenvalue weighted by atomic mass is 19.3. The summed E-state index contributed by atoms with van der Waals surface area (Å²) in [6, 6.07) is 4.02. The smallest absolute Gasteiger partial charge is 0.281 e. The molecule has 20 nitrogen and oxygen atoms in total. The number of alkyl halides is 2. The largest absolute Gasteiger partial charge is 0.384 e. The van der Waals surface area contributed by atoms with Gasteiger partial charge < -0.3 is 35.8 Å². The van der Waals surface area contributed by atoms with Crippen molar-refractivity contribution in [3.05, 3.63) is 41.2 Å². The molecule has 1 unspecified atom stereocenters. The number of halogens is 2. The predicted octanol–water partition coefficient (Wildman–Crippen LogP) is 3.75. The van der Waals surface area contributed by atoms with E-state index in [-0.39, 0.29) is 82.7 Å². The summed E-state index contributed by atoms with van der Waals surface area (Å²) in [6.07, 6.45) is 3.03. The molecule has 3 fully saturated rings. The van der Waals surface area contributed by atoms with Gasteiger partial charge in [0.15, 0.2) is 5.82 Å². The molecule has 7 rings (SSSR count). The minimum absolute atomic E-state index is 0.0108. The van der Waals surface area contributed by atoms with Gasteiger partial charge in [-0.1, -0.05) is 46.6 Å². The number of piperazine rings is 1. The molecule has 22 heteroatoms. The maximum atomic E-state index is 14.0. The predicted molar refractivity (Wildman–Crippen MR) is 247 cm³/mol. The zero-order valence-electron chi connectivity index (χ0n) is 39.1. The fourth-order valence-corrected chi connectivity index (χ4v) is 9.47. The number of fused-ring (bicyclic) bond motifs is 1. The molecule has 6 amide bonds. The first kappa shape index (κ1) is 49.5. The number of aromatic nitrogens is 5. The van der Waals surface area contributed by atoms with Gasteiger partial charge in [-0.25, -0.2) is 18.7 Å². The van der Waals surface area contributed by atoms with Crippen LogP contribution in [0.2, 0.25) is 0 Å². The molecule has 0 spiro atoms. The lowest BCUT2D eigenvalue weighted by Gasteiger charge is -2.35. The van der Waals surface area contributed by atoms with Gasteiger partial charge in [-0.05, 0) is 48.6 Å². The Kier molecular flexibility index (Phi) is 15.4. The van der Waals surface area contributed by atoms with Gasteiger partial charge in [0.1, 0.15) is 11.7 Å². The number of hydrogen-bond donors (Lipinski definition) is 4. The molecule has 3 saturated heterocycles. The third-order valence-corrected chi connectivity index (χ3v) is 12.7. The van der Waals surface area contributed by atoms with E-state index in [0.29, 0.717) is 77.2 Å². The molecule has 1 aromatic carbocycles. The number of carbonyl (C=O) groups is 6. The lowest BCUT2D eigenvalue weighted by atomic mass is 9.72. The summed E-state index contributed by atoms with van der Waals surface area (Å²) in [5, 5.41) is 8.58. The summed E-state index contributed by atoms with van der Waals surface area (Å²) in [5.41, 5.74) is 5.78. The number of anilines is 4. The van der Waals surface area contributed by atoms with Gasteiger partial charge in [0.25, 0.3) is 18.2 Å². The second-order valence-corrected chi connectivity index (χ2v) is 19.2. The monoisotopic (exact) mass is 945 g/mol. The van der Waals surface area contributed by atoms with E-state index in [1.807, 2.05) is 9.80 Å². The van der Waals surface area contributed by atoms with Crippen LogP contribution in [0.1, 0.15) is 118 Å². The molecular formula is C46H61F2N13O7. The van der Waals surface area contributed by atoms with Crippen molar-refractivity contribution in [3.8, 4) is 11.4 Å². The van der Waals surface area contributed by atoms with Crippen LogP contribution in [0.25, 0.3) is 11.4 Å². The highest BCUT2D eigenvalue weighted by Gasteiger charge is 2.46. The first-order valence-corrected chi connectivity index (χ1v) is 23.3. The molecule has 0 aliphatic carbocycles. The normalized spacial score (nSPS) is 18.0. The molecular weight excluding hydrogens is 885 g/mol. The Morgan fingerprint density at radius 2 is 1.57 bits per heavy atom. The Labute approximate surface area is 393 Å². The molecule has 4 aliphatic rings. The lowest BCUT2D eigenvalue weighted by molar-refractivity contribution is -0.136. The van der Waals surface area contributed by atoms with Gasteiger partial charge in [-0.3, -0.25) is 39.0 Å². The molecule has 68 heavy (non-hydrogen) atoms. The number of unbranched alkanes of at least 4 members (excludes halogenated alkanes) is 2. The lowest BCUT2D eigenvalue weighted by Crippen LogP contribution is -2.54. The summed E-state index contributed by atoms with van der Waals surface area (Å²) in [7, 11) is 0. The van der Waals surface area contributed by atoms with Crippen molar-refractivity contribution in [2.75, 3.05) is 86.4 Å². The average Bonchev–Trinajstić information content (AvgIpc) is 3.56. The maximum Gasteiger partial charge on any atom is 0.281 e. The number of morpholine rings is 1. The van der Waals surface area contributed by atoms with E-state index in [4.69, 9.17) is 10.5 Å². The number of piperidine rings is 1. The molecule has 0 saturated carbocycles. The number of nitrogens with one attached hydrogen (secondary N) is 3. The quantitative estimate of drug-likeness (QED) is 0.0987. The number of ether oxygens (including phenoxy) is 1. The van der Waals surface area contributed by atoms with Crippen molar-refractivity contribution >= 4 is 59.0 Å². The minimum Gasteiger partial charge on any atom is -0.384 e. The van der Waals surface area contributed by atoms with Gasteiger partial charge in [-0.2, -0.15) is 15.0 Å². The number of hydrogen-bond acceptors (Lipinski definition) is 16. The third-order valence-electron chi connectivity index (χ3n) is 12.7. The highest BCUT2D eigenvalue weighted by Crippen LogP contribution is 2.39. The van der Waals surface area contributed by atoms with Gasteiger partial charge in [-0.15, -0.1) is 0 Å². The Hall–Kier alpha value is -6.45. The van der Waals surface area contributed by atoms with Crippen LogP contribution in [0, 0.1) is 10.8 Å². The second-order valence-electron chi connectivity index (χ2n) is 19.2. The van der Waals surface area contributed by atoms with Crippen molar-refractivity contribution in [2.24, 2.45) is 10.8 Å². The molecule has 0 bridgehead atoms. The van der Waals surface area contributed by atoms with Crippen LogP contribution < -0.4 is 31.5 Å². The van der Waals surface area contributed by atoms with Gasteiger partial charge in [0.05, 0.1) is 29.9 Å². The minimum atomic E-state index is -2.94. The Bertz CT molecular complexity index is 2390. The average molecular weight is 946 g/mol. The van der Waals surface area contributed by atoms with Crippen LogP contribution in [0.3, 0.4) is 0 Å². The van der Waals surface area contributed by atoms with Crippen molar-refractivity contribution in [2.45, 2.75) is 97.9 Å². The molecule has 4 aliphatic heterocycles. The summed E-state index contributed by atoms with van der Waals surface area (Å²) >= 11 is 0. The second kappa shape index (κ2) is 21.2. The van der Waals surface area contributed by atoms with Crippen molar-refractivity contribution in [1.82, 2.24) is 45.4 Å². The number of rotatable bonds is 19. The van der Waals surface area contributed by atoms with E-state index in [2.05, 4.69) is 68.6 Å². The molecule has 3 aromatic rings. The number of imide groups is 2. The van der Waals surface area contributed by atoms with E-state index < -0.39 is 41.8 Å². The van der Waals surface area contributed by atoms with Gasteiger partial charge in [0.2, 0.25) is 41.5 Å². The number of carbonyl (C=O) groups excluding carboxylic acids is 6. The van der Waals surface area contributed by atoms with E-state index in [0.717, 1.165) is 37.0 Å². The molecule has 1 atom stereocenters. The number of nitrogens with two attached hydrogens (primary N) is 1. The molecule has 5 N–H and O–H groups in total. The van der Waals surface area contributed by atoms with E-state index in [1.54, 1.807) is 23.1 Å². The van der Waals surface area contributed by atoms with Crippen LogP contribution in [0.4, 0.5) is 32.3 Å². The summed E-state index contributed by atoms with van der Waals surface area (Å²) in [6.45, 7) is 13.2. The molecule has 6 heterocycles. The van der Waals surface area contributed by atoms with Crippen LogP contribution in [-0.4, -0.2) is 142 Å². The maximum absolute atomic E-state index is 14.0. The number of amides is 6. The Balaban J connectivity index is 0.808. The zero-order valence-corrected chi connectivity index (χ0v) is 39.1. The summed E-state index contributed by atoms with van der Waals surface area (Å²) in [4.78, 5) is 105. The molecule has 2 aromatic heterocycles. The summed E-state index contributed by atoms with van der Waals surface area (Å²) in [5.74, 6) is -2.20. The number of benzene rings is 1. The SMILES string of the molecule is CC(C)(CCCCCNC(=O)CCC(=O)N1CCN(c2nc(-c3cnc(N)nc3C(F)F)nc(N3CCOCC3)n2)CC1)CC(C)(C)CNc1cccc2c1C(=O)N(C1CCC(=O)NC1=O)C2=O. The van der Waals surface area contributed by atoms with Crippen molar-refractivity contribution < 1.29 is 42.3 Å². The van der Waals surface area contributed by atoms with Gasteiger partial charge >= 0.3 is 0 Å². The fourth-order valence-electron chi connectivity index (χ4n) is 9.47. The topological polar surface area (TPSA) is 251 Å². The standard InChI is InChI=1S/C46H61F2N13O7/c1-45(2,26-46(3,4)27-52-30-10-8-9-28-35(30)41(67)61(40(28)66)31-11-12-33(63)53-39(31)65)15-6-5-7-16-50-32(62)13-14-34(64)58-17-19-59(20-18-58)43-55-38(29-25-51-42(49)54-36(29)37(47)48)56-44(57-43)60-21-23-68-24-22-60/h8-10,25,31,37,52H,5-7,11-24,26-27H2,1-4H3,(H,50,62)(H2,49,51,54)(H,53,63,65). The number of nitrogen functional groups attached to an aromatic ring is 1. The number of nitrogens with zero attached hydrogens (tertiary/aromatic N) is 9. The van der Waals surface area contributed by atoms with E-state index in [9.17, 15) is 37.5 Å². The van der Waals surface area contributed by atoms with E-state index in [1.165, 1.54) is 6.20 Å². The van der Waals surface area contributed by atoms with Gasteiger partial charge in [0, 0.05) is 83.5 Å². The van der Waals surface area contributed by atoms with E-state index >= 15 is 0 Å². The van der Waals surface area contributed by atoms with Crippen LogP contribution in [0.5, 0.6) is 0 Å². The Morgan fingerprint density at radius 3 is 2.26 bits per heavy atom. The van der Waals surface area contributed by atoms with Crippen molar-refractivity contribution in [1.29, 1.82) is 0 Å². The van der Waals surface area contributed by atoms with Crippen LogP contribution in [-0.2, 0) is 23.9 Å². The zero-order chi connectivity index (χ0) is 48.8. The third kappa shape index (κ3) is 12.0. The fraction of sp³-hybridized carbons (Fsp3) is 0.587. The first-order chi connectivity index (χ1) is 32.4. The Morgan fingerprint density at radius 1 is 0.868 bits per heavy atom. The highest BCUT2D eigenvalue weighted by molar-refractivity contribution is 6.25. The van der Waals surface area contributed by atoms with Crippen LogP contribution >= 0.6 is 0 Å². The summed E-state index contributed by atoms with van der Waals surface area (Å²) < 4.78 is 33.5.